The first-order valence-corrected chi connectivity index (χ1v) is 8.16. The molecule has 4 heteroatoms. The van der Waals surface area contributed by atoms with Gasteiger partial charge in [0.15, 0.2) is 0 Å². The summed E-state index contributed by atoms with van der Waals surface area (Å²) in [5.41, 5.74) is -0.121. The van der Waals surface area contributed by atoms with Crippen LogP contribution in [-0.2, 0) is 0 Å². The number of rotatable bonds is 7. The fourth-order valence-electron chi connectivity index (χ4n) is 1.84. The van der Waals surface area contributed by atoms with Crippen LogP contribution >= 0.6 is 27.7 Å². The van der Waals surface area contributed by atoms with E-state index in [2.05, 4.69) is 52.4 Å². The molecule has 0 aliphatic heterocycles. The van der Waals surface area contributed by atoms with Gasteiger partial charge in [0.2, 0.25) is 0 Å². The molecule has 1 aliphatic rings. The number of hydrogen-bond acceptors (Lipinski definition) is 3. The summed E-state index contributed by atoms with van der Waals surface area (Å²) in [7, 11) is 0. The van der Waals surface area contributed by atoms with Gasteiger partial charge in [-0.1, -0.05) is 15.9 Å². The number of aliphatic hydroxyl groups is 1. The van der Waals surface area contributed by atoms with Crippen molar-refractivity contribution in [2.75, 3.05) is 12.4 Å². The van der Waals surface area contributed by atoms with E-state index in [0.29, 0.717) is 6.04 Å². The van der Waals surface area contributed by atoms with Gasteiger partial charge in [-0.3, -0.25) is 0 Å². The van der Waals surface area contributed by atoms with Crippen LogP contribution in [-0.4, -0.2) is 29.0 Å². The molecule has 1 unspecified atom stereocenters. The highest BCUT2D eigenvalue weighted by atomic mass is 79.9. The second-order valence-electron chi connectivity index (χ2n) is 5.19. The third-order valence-electron chi connectivity index (χ3n) is 3.22. The van der Waals surface area contributed by atoms with Gasteiger partial charge in [-0.05, 0) is 56.2 Å². The van der Waals surface area contributed by atoms with Gasteiger partial charge in [0.25, 0.3) is 0 Å². The van der Waals surface area contributed by atoms with Crippen LogP contribution in [0.25, 0.3) is 0 Å². The van der Waals surface area contributed by atoms with E-state index >= 15 is 0 Å². The van der Waals surface area contributed by atoms with Crippen molar-refractivity contribution in [2.45, 2.75) is 42.7 Å². The van der Waals surface area contributed by atoms with Gasteiger partial charge in [0, 0.05) is 20.9 Å². The molecule has 2 rings (SSSR count). The van der Waals surface area contributed by atoms with Crippen molar-refractivity contribution in [3.8, 4) is 0 Å². The maximum atomic E-state index is 9.52. The largest absolute Gasteiger partial charge is 0.394 e. The van der Waals surface area contributed by atoms with Crippen molar-refractivity contribution in [1.29, 1.82) is 0 Å². The van der Waals surface area contributed by atoms with Gasteiger partial charge in [-0.2, -0.15) is 0 Å². The van der Waals surface area contributed by atoms with E-state index in [1.54, 1.807) is 0 Å². The average Bonchev–Trinajstić information content (AvgIpc) is 3.15. The number of hydrogen-bond donors (Lipinski definition) is 2. The summed E-state index contributed by atoms with van der Waals surface area (Å²) >= 11 is 5.29. The summed E-state index contributed by atoms with van der Waals surface area (Å²) in [6.45, 7) is 2.33. The van der Waals surface area contributed by atoms with Gasteiger partial charge in [-0.25, -0.2) is 0 Å². The molecule has 0 saturated heterocycles. The molecule has 1 fully saturated rings. The lowest BCUT2D eigenvalue weighted by molar-refractivity contribution is 0.169. The van der Waals surface area contributed by atoms with E-state index in [1.165, 1.54) is 17.7 Å². The Morgan fingerprint density at radius 3 is 2.61 bits per heavy atom. The SMILES string of the molecule is CC(CO)(CCSc1ccc(Br)cc1)NC1CC1. The Kier molecular flexibility index (Phi) is 5.13. The van der Waals surface area contributed by atoms with Crippen molar-refractivity contribution in [3.05, 3.63) is 28.7 Å². The monoisotopic (exact) mass is 329 g/mol. The highest BCUT2D eigenvalue weighted by Gasteiger charge is 2.31. The minimum atomic E-state index is -0.121. The molecule has 100 valence electrons. The quantitative estimate of drug-likeness (QED) is 0.751. The van der Waals surface area contributed by atoms with E-state index < -0.39 is 0 Å². The first kappa shape index (κ1) is 14.4. The van der Waals surface area contributed by atoms with E-state index in [4.69, 9.17) is 0 Å². The van der Waals surface area contributed by atoms with Crippen molar-refractivity contribution >= 4 is 27.7 Å². The number of nitrogens with one attached hydrogen (secondary N) is 1. The molecule has 2 N–H and O–H groups in total. The lowest BCUT2D eigenvalue weighted by atomic mass is 10.0. The second-order valence-corrected chi connectivity index (χ2v) is 7.27. The van der Waals surface area contributed by atoms with E-state index in [9.17, 15) is 5.11 Å². The fraction of sp³-hybridized carbons (Fsp3) is 0.571. The van der Waals surface area contributed by atoms with Gasteiger partial charge >= 0.3 is 0 Å². The summed E-state index contributed by atoms with van der Waals surface area (Å²) in [5.74, 6) is 1.03. The van der Waals surface area contributed by atoms with E-state index in [-0.39, 0.29) is 12.1 Å². The van der Waals surface area contributed by atoms with Gasteiger partial charge < -0.3 is 10.4 Å². The Morgan fingerprint density at radius 2 is 2.06 bits per heavy atom. The van der Waals surface area contributed by atoms with Crippen molar-refractivity contribution < 1.29 is 5.11 Å². The number of benzene rings is 1. The van der Waals surface area contributed by atoms with Crippen LogP contribution in [0, 0.1) is 0 Å². The molecule has 1 aromatic carbocycles. The molecule has 1 saturated carbocycles. The Labute approximate surface area is 122 Å². The second kappa shape index (κ2) is 6.42. The zero-order valence-electron chi connectivity index (χ0n) is 10.7. The van der Waals surface area contributed by atoms with Gasteiger partial charge in [0.1, 0.15) is 0 Å². The van der Waals surface area contributed by atoms with Gasteiger partial charge in [0.05, 0.1) is 6.61 Å². The summed E-state index contributed by atoms with van der Waals surface area (Å²) in [6, 6.07) is 9.02. The molecule has 0 radical (unpaired) electrons. The molecule has 0 amide bonds. The minimum Gasteiger partial charge on any atom is -0.394 e. The van der Waals surface area contributed by atoms with Crippen molar-refractivity contribution in [3.63, 3.8) is 0 Å². The molecule has 0 heterocycles. The molecule has 1 atom stereocenters. The van der Waals surface area contributed by atoms with Crippen molar-refractivity contribution in [1.82, 2.24) is 5.32 Å². The molecular weight excluding hydrogens is 310 g/mol. The number of aliphatic hydroxyl groups excluding tert-OH is 1. The van der Waals surface area contributed by atoms with Crippen LogP contribution in [0.15, 0.2) is 33.6 Å². The zero-order chi connectivity index (χ0) is 13.0. The predicted octanol–water partition coefficient (Wildman–Crippen LogP) is 3.43. The Balaban J connectivity index is 1.77. The summed E-state index contributed by atoms with van der Waals surface area (Å²) in [5, 5.41) is 13.1. The van der Waals surface area contributed by atoms with Gasteiger partial charge in [-0.15, -0.1) is 11.8 Å². The number of thioether (sulfide) groups is 1. The maximum Gasteiger partial charge on any atom is 0.0610 e. The lowest BCUT2D eigenvalue weighted by Gasteiger charge is -2.28. The molecule has 2 nitrogen and oxygen atoms in total. The van der Waals surface area contributed by atoms with Crippen LogP contribution in [0.2, 0.25) is 0 Å². The lowest BCUT2D eigenvalue weighted by Crippen LogP contribution is -2.47. The Morgan fingerprint density at radius 1 is 1.39 bits per heavy atom. The molecular formula is C14H20BrNOS. The summed E-state index contributed by atoms with van der Waals surface area (Å²) in [6.07, 6.45) is 3.51. The maximum absolute atomic E-state index is 9.52. The first-order valence-electron chi connectivity index (χ1n) is 6.38. The smallest absolute Gasteiger partial charge is 0.0610 e. The molecule has 0 spiro atoms. The molecule has 1 aliphatic carbocycles. The standard InChI is InChI=1S/C14H20BrNOS/c1-14(10-17,16-12-4-5-12)8-9-18-13-6-2-11(15)3-7-13/h2-3,6-7,12,16-17H,4-5,8-10H2,1H3. The third-order valence-corrected chi connectivity index (χ3v) is 4.76. The molecule has 1 aromatic rings. The van der Waals surface area contributed by atoms with Crippen LogP contribution in [0.1, 0.15) is 26.2 Å². The average molecular weight is 330 g/mol. The van der Waals surface area contributed by atoms with Crippen LogP contribution in [0.5, 0.6) is 0 Å². The Bertz CT molecular complexity index is 380. The zero-order valence-corrected chi connectivity index (χ0v) is 13.1. The molecule has 18 heavy (non-hydrogen) atoms. The van der Waals surface area contributed by atoms with Crippen molar-refractivity contribution in [2.24, 2.45) is 0 Å². The summed E-state index contributed by atoms with van der Waals surface area (Å²) in [4.78, 5) is 1.28. The molecule has 0 bridgehead atoms. The third kappa shape index (κ3) is 4.57. The van der Waals surface area contributed by atoms with Crippen LogP contribution in [0.3, 0.4) is 0 Å². The van der Waals surface area contributed by atoms with E-state index in [1.807, 2.05) is 11.8 Å². The normalized spacial score (nSPS) is 18.6. The fourth-order valence-corrected chi connectivity index (χ4v) is 3.22. The van der Waals surface area contributed by atoms with Crippen LogP contribution < -0.4 is 5.32 Å². The minimum absolute atomic E-state index is 0.121. The predicted molar refractivity (Wildman–Crippen MR) is 81.1 cm³/mol. The first-order chi connectivity index (χ1) is 8.61. The summed E-state index contributed by atoms with van der Waals surface area (Å²) < 4.78 is 1.11. The Hall–Kier alpha value is -0.0300. The molecule has 0 aromatic heterocycles. The highest BCUT2D eigenvalue weighted by molar-refractivity contribution is 9.10. The van der Waals surface area contributed by atoms with Crippen LogP contribution in [0.4, 0.5) is 0 Å². The van der Waals surface area contributed by atoms with E-state index in [0.717, 1.165) is 16.6 Å². The topological polar surface area (TPSA) is 32.3 Å². The number of halogens is 1. The highest BCUT2D eigenvalue weighted by Crippen LogP contribution is 2.27.